The molecule has 0 aliphatic heterocycles. The molecule has 0 spiro atoms. The standard InChI is InChI=1S/C17H20FN3O2/c1-10-7-8-11(2)13(9-10)15(19)23-17(20)21-16(22)12-5-3-4-6-14(12)18/h3-9,15,17H,19-20H2,1-2H3,(H,21,22). The molecular weight excluding hydrogens is 297 g/mol. The number of aryl methyl sites for hydroxylation is 2. The highest BCUT2D eigenvalue weighted by molar-refractivity contribution is 5.94. The molecule has 1 amide bonds. The highest BCUT2D eigenvalue weighted by Gasteiger charge is 2.18. The van der Waals surface area contributed by atoms with E-state index in [1.807, 2.05) is 32.0 Å². The van der Waals surface area contributed by atoms with E-state index in [0.29, 0.717) is 0 Å². The van der Waals surface area contributed by atoms with E-state index in [0.717, 1.165) is 16.7 Å². The Bertz CT molecular complexity index is 706. The van der Waals surface area contributed by atoms with Gasteiger partial charge >= 0.3 is 0 Å². The predicted octanol–water partition coefficient (Wildman–Crippen LogP) is 2.09. The molecule has 23 heavy (non-hydrogen) atoms. The zero-order valence-corrected chi connectivity index (χ0v) is 13.0. The van der Waals surface area contributed by atoms with Crippen LogP contribution in [-0.4, -0.2) is 12.3 Å². The fourth-order valence-corrected chi connectivity index (χ4v) is 2.18. The van der Waals surface area contributed by atoms with Crippen molar-refractivity contribution in [3.05, 3.63) is 70.5 Å². The lowest BCUT2D eigenvalue weighted by Crippen LogP contribution is -2.45. The first kappa shape index (κ1) is 17.1. The van der Waals surface area contributed by atoms with Crippen molar-refractivity contribution in [3.63, 3.8) is 0 Å². The van der Waals surface area contributed by atoms with Gasteiger partial charge in [-0.15, -0.1) is 0 Å². The molecule has 5 nitrogen and oxygen atoms in total. The number of nitrogens with one attached hydrogen (secondary N) is 1. The molecule has 0 radical (unpaired) electrons. The van der Waals surface area contributed by atoms with Crippen LogP contribution in [0, 0.1) is 19.7 Å². The molecule has 0 aliphatic carbocycles. The lowest BCUT2D eigenvalue weighted by Gasteiger charge is -2.21. The molecule has 0 aliphatic rings. The van der Waals surface area contributed by atoms with E-state index in [9.17, 15) is 9.18 Å². The largest absolute Gasteiger partial charge is 0.323 e. The van der Waals surface area contributed by atoms with E-state index < -0.39 is 24.3 Å². The summed E-state index contributed by atoms with van der Waals surface area (Å²) in [6.45, 7) is 3.84. The number of ether oxygens (including phenoxy) is 1. The van der Waals surface area contributed by atoms with Gasteiger partial charge in [-0.05, 0) is 37.1 Å². The fourth-order valence-electron chi connectivity index (χ4n) is 2.18. The number of nitrogens with two attached hydrogens (primary N) is 2. The molecule has 0 saturated heterocycles. The van der Waals surface area contributed by atoms with Crippen molar-refractivity contribution in [3.8, 4) is 0 Å². The second kappa shape index (κ2) is 7.32. The van der Waals surface area contributed by atoms with Gasteiger partial charge in [0.2, 0.25) is 0 Å². The van der Waals surface area contributed by atoms with Gasteiger partial charge in [0, 0.05) is 0 Å². The van der Waals surface area contributed by atoms with Crippen molar-refractivity contribution >= 4 is 5.91 Å². The van der Waals surface area contributed by atoms with Gasteiger partial charge in [0.25, 0.3) is 5.91 Å². The summed E-state index contributed by atoms with van der Waals surface area (Å²) >= 11 is 0. The molecule has 0 aromatic heterocycles. The first-order valence-electron chi connectivity index (χ1n) is 7.17. The van der Waals surface area contributed by atoms with E-state index in [2.05, 4.69) is 5.32 Å². The molecule has 0 bridgehead atoms. The van der Waals surface area contributed by atoms with Crippen LogP contribution in [0.1, 0.15) is 33.3 Å². The SMILES string of the molecule is Cc1ccc(C)c(C(N)OC(N)NC(=O)c2ccccc2F)c1. The summed E-state index contributed by atoms with van der Waals surface area (Å²) < 4.78 is 19.0. The van der Waals surface area contributed by atoms with Crippen LogP contribution < -0.4 is 16.8 Å². The monoisotopic (exact) mass is 317 g/mol. The molecule has 2 aromatic carbocycles. The molecule has 2 atom stereocenters. The predicted molar refractivity (Wildman–Crippen MR) is 85.8 cm³/mol. The Morgan fingerprint density at radius 2 is 1.87 bits per heavy atom. The summed E-state index contributed by atoms with van der Waals surface area (Å²) in [6, 6.07) is 11.4. The molecule has 2 aromatic rings. The van der Waals surface area contributed by atoms with Crippen LogP contribution in [-0.2, 0) is 4.74 Å². The molecule has 6 heteroatoms. The minimum atomic E-state index is -1.16. The van der Waals surface area contributed by atoms with E-state index in [-0.39, 0.29) is 5.56 Å². The van der Waals surface area contributed by atoms with Crippen LogP contribution in [0.5, 0.6) is 0 Å². The molecule has 5 N–H and O–H groups in total. The van der Waals surface area contributed by atoms with Crippen LogP contribution in [0.3, 0.4) is 0 Å². The molecule has 0 heterocycles. The van der Waals surface area contributed by atoms with Crippen molar-refractivity contribution < 1.29 is 13.9 Å². The summed E-state index contributed by atoms with van der Waals surface area (Å²) in [5.74, 6) is -1.29. The second-order valence-electron chi connectivity index (χ2n) is 5.29. The van der Waals surface area contributed by atoms with E-state index in [4.69, 9.17) is 16.2 Å². The second-order valence-corrected chi connectivity index (χ2v) is 5.29. The highest BCUT2D eigenvalue weighted by Crippen LogP contribution is 2.18. The summed E-state index contributed by atoms with van der Waals surface area (Å²) in [5.41, 5.74) is 14.4. The quantitative estimate of drug-likeness (QED) is 0.737. The van der Waals surface area contributed by atoms with Crippen molar-refractivity contribution in [1.29, 1.82) is 0 Å². The van der Waals surface area contributed by atoms with Crippen LogP contribution >= 0.6 is 0 Å². The van der Waals surface area contributed by atoms with Crippen LogP contribution in [0.25, 0.3) is 0 Å². The van der Waals surface area contributed by atoms with Crippen molar-refractivity contribution in [2.24, 2.45) is 11.5 Å². The maximum absolute atomic E-state index is 13.5. The Hall–Kier alpha value is -2.28. The van der Waals surface area contributed by atoms with Gasteiger partial charge in [-0.2, -0.15) is 0 Å². The third-order valence-corrected chi connectivity index (χ3v) is 3.43. The first-order chi connectivity index (χ1) is 10.9. The Labute approximate surface area is 134 Å². The van der Waals surface area contributed by atoms with Gasteiger partial charge in [-0.1, -0.05) is 35.9 Å². The van der Waals surface area contributed by atoms with E-state index in [1.165, 1.54) is 18.2 Å². The number of hydrogen-bond acceptors (Lipinski definition) is 4. The van der Waals surface area contributed by atoms with Gasteiger partial charge in [-0.25, -0.2) is 4.39 Å². The average Bonchev–Trinajstić information content (AvgIpc) is 2.49. The number of halogens is 1. The number of rotatable bonds is 5. The third-order valence-electron chi connectivity index (χ3n) is 3.43. The van der Waals surface area contributed by atoms with E-state index >= 15 is 0 Å². The highest BCUT2D eigenvalue weighted by atomic mass is 19.1. The first-order valence-corrected chi connectivity index (χ1v) is 7.17. The van der Waals surface area contributed by atoms with Crippen LogP contribution in [0.2, 0.25) is 0 Å². The van der Waals surface area contributed by atoms with Crippen LogP contribution in [0.15, 0.2) is 42.5 Å². The summed E-state index contributed by atoms with van der Waals surface area (Å²) in [6.07, 6.45) is -1.96. The van der Waals surface area contributed by atoms with Crippen LogP contribution in [0.4, 0.5) is 4.39 Å². The molecule has 2 rings (SSSR count). The number of amides is 1. The summed E-state index contributed by atoms with van der Waals surface area (Å²) in [7, 11) is 0. The molecule has 0 fully saturated rings. The Morgan fingerprint density at radius 1 is 1.17 bits per heavy atom. The Balaban J connectivity index is 2.01. The number of carbonyl (C=O) groups is 1. The summed E-state index contributed by atoms with van der Waals surface area (Å²) in [4.78, 5) is 12.0. The fraction of sp³-hybridized carbons (Fsp3) is 0.235. The summed E-state index contributed by atoms with van der Waals surface area (Å²) in [5, 5.41) is 2.37. The Kier molecular flexibility index (Phi) is 5.44. The minimum Gasteiger partial charge on any atom is -0.323 e. The molecular formula is C17H20FN3O2. The lowest BCUT2D eigenvalue weighted by molar-refractivity contribution is -0.0219. The molecule has 122 valence electrons. The van der Waals surface area contributed by atoms with Crippen molar-refractivity contribution in [2.75, 3.05) is 0 Å². The third kappa shape index (κ3) is 4.35. The Morgan fingerprint density at radius 3 is 2.57 bits per heavy atom. The average molecular weight is 317 g/mol. The van der Waals surface area contributed by atoms with Gasteiger partial charge < -0.3 is 15.8 Å². The molecule has 0 saturated carbocycles. The topological polar surface area (TPSA) is 90.4 Å². The maximum atomic E-state index is 13.5. The van der Waals surface area contributed by atoms with E-state index in [1.54, 1.807) is 6.07 Å². The number of hydrogen-bond donors (Lipinski definition) is 3. The van der Waals surface area contributed by atoms with Crippen molar-refractivity contribution in [2.45, 2.75) is 26.4 Å². The number of carbonyl (C=O) groups excluding carboxylic acids is 1. The normalized spacial score (nSPS) is 13.4. The van der Waals surface area contributed by atoms with Gasteiger partial charge in [0.15, 0.2) is 6.35 Å². The lowest BCUT2D eigenvalue weighted by atomic mass is 10.0. The zero-order valence-electron chi connectivity index (χ0n) is 13.0. The smallest absolute Gasteiger partial charge is 0.257 e. The van der Waals surface area contributed by atoms with Gasteiger partial charge in [0.05, 0.1) is 5.56 Å². The van der Waals surface area contributed by atoms with Gasteiger partial charge in [0.1, 0.15) is 12.0 Å². The minimum absolute atomic E-state index is 0.105. The van der Waals surface area contributed by atoms with Gasteiger partial charge in [-0.3, -0.25) is 10.5 Å². The zero-order chi connectivity index (χ0) is 17.0. The molecule has 2 unspecified atom stereocenters. The van der Waals surface area contributed by atoms with Crippen molar-refractivity contribution in [1.82, 2.24) is 5.32 Å². The maximum Gasteiger partial charge on any atom is 0.257 e. The number of benzene rings is 2.